The lowest BCUT2D eigenvalue weighted by Gasteiger charge is -2.18. The van der Waals surface area contributed by atoms with E-state index >= 15 is 0 Å². The summed E-state index contributed by atoms with van der Waals surface area (Å²) in [5, 5.41) is 12.5. The number of nitrogens with one attached hydrogen (secondary N) is 1. The van der Waals surface area contributed by atoms with E-state index in [2.05, 4.69) is 5.32 Å². The molecular weight excluding hydrogens is 284 g/mol. The van der Waals surface area contributed by atoms with Crippen molar-refractivity contribution >= 4 is 17.5 Å². The Hall–Kier alpha value is -2.76. The standard InChI is InChI=1S/C16H18N2O4/c1-10-12(6-7-22-10)9-18(3)16(21)14-8-13(17-11(2)19)4-5-15(14)20/h4-8,20H,9H2,1-3H3,(H,17,19). The van der Waals surface area contributed by atoms with E-state index in [4.69, 9.17) is 4.42 Å². The lowest BCUT2D eigenvalue weighted by Crippen LogP contribution is -2.26. The molecule has 0 atom stereocenters. The minimum absolute atomic E-state index is 0.130. The zero-order valence-electron chi connectivity index (χ0n) is 12.7. The number of anilines is 1. The first-order valence-electron chi connectivity index (χ1n) is 6.77. The van der Waals surface area contributed by atoms with Crippen molar-refractivity contribution in [3.05, 3.63) is 47.4 Å². The van der Waals surface area contributed by atoms with Crippen LogP contribution in [0.2, 0.25) is 0 Å². The molecule has 6 nitrogen and oxygen atoms in total. The van der Waals surface area contributed by atoms with Crippen molar-refractivity contribution in [1.29, 1.82) is 0 Å². The molecule has 0 aliphatic rings. The molecule has 2 rings (SSSR count). The molecule has 0 saturated carbocycles. The van der Waals surface area contributed by atoms with Crippen molar-refractivity contribution in [3.8, 4) is 5.75 Å². The van der Waals surface area contributed by atoms with Gasteiger partial charge in [0, 0.05) is 31.8 Å². The number of carbonyl (C=O) groups is 2. The minimum atomic E-state index is -0.342. The summed E-state index contributed by atoms with van der Waals surface area (Å²) in [4.78, 5) is 25.0. The van der Waals surface area contributed by atoms with Crippen LogP contribution in [-0.2, 0) is 11.3 Å². The van der Waals surface area contributed by atoms with E-state index in [9.17, 15) is 14.7 Å². The maximum atomic E-state index is 12.5. The Balaban J connectivity index is 2.20. The number of hydrogen-bond donors (Lipinski definition) is 2. The number of phenols is 1. The number of benzene rings is 1. The van der Waals surface area contributed by atoms with Gasteiger partial charge in [0.1, 0.15) is 11.5 Å². The predicted octanol–water partition coefficient (Wildman–Crippen LogP) is 2.52. The van der Waals surface area contributed by atoms with E-state index in [1.807, 2.05) is 6.92 Å². The fraction of sp³-hybridized carbons (Fsp3) is 0.250. The molecule has 2 amide bonds. The summed E-state index contributed by atoms with van der Waals surface area (Å²) in [6, 6.07) is 6.17. The Morgan fingerprint density at radius 1 is 1.32 bits per heavy atom. The van der Waals surface area contributed by atoms with Crippen LogP contribution in [0.1, 0.15) is 28.6 Å². The summed E-state index contributed by atoms with van der Waals surface area (Å²) in [5.74, 6) is 0.0301. The third-order valence-electron chi connectivity index (χ3n) is 3.27. The van der Waals surface area contributed by atoms with Crippen molar-refractivity contribution in [2.24, 2.45) is 0 Å². The third kappa shape index (κ3) is 3.46. The maximum Gasteiger partial charge on any atom is 0.257 e. The second kappa shape index (κ2) is 6.34. The van der Waals surface area contributed by atoms with Crippen molar-refractivity contribution in [2.75, 3.05) is 12.4 Å². The predicted molar refractivity (Wildman–Crippen MR) is 81.7 cm³/mol. The van der Waals surface area contributed by atoms with Crippen LogP contribution in [0.5, 0.6) is 5.75 Å². The first kappa shape index (κ1) is 15.6. The van der Waals surface area contributed by atoms with E-state index < -0.39 is 0 Å². The molecular formula is C16H18N2O4. The van der Waals surface area contributed by atoms with Gasteiger partial charge < -0.3 is 19.7 Å². The maximum absolute atomic E-state index is 12.5. The first-order chi connectivity index (χ1) is 10.4. The van der Waals surface area contributed by atoms with Crippen molar-refractivity contribution in [3.63, 3.8) is 0 Å². The molecule has 0 fully saturated rings. The highest BCUT2D eigenvalue weighted by molar-refractivity contribution is 5.99. The molecule has 1 aromatic heterocycles. The normalized spacial score (nSPS) is 10.3. The summed E-state index contributed by atoms with van der Waals surface area (Å²) < 4.78 is 5.20. The topological polar surface area (TPSA) is 82.8 Å². The Labute approximate surface area is 128 Å². The van der Waals surface area contributed by atoms with Gasteiger partial charge in [0.05, 0.1) is 11.8 Å². The Kier molecular flexibility index (Phi) is 4.50. The molecule has 116 valence electrons. The number of amides is 2. The first-order valence-corrected chi connectivity index (χ1v) is 6.77. The van der Waals surface area contributed by atoms with E-state index in [0.29, 0.717) is 12.2 Å². The molecule has 22 heavy (non-hydrogen) atoms. The Bertz CT molecular complexity index is 706. The van der Waals surface area contributed by atoms with Crippen LogP contribution >= 0.6 is 0 Å². The highest BCUT2D eigenvalue weighted by atomic mass is 16.3. The van der Waals surface area contributed by atoms with Crippen LogP contribution in [0.25, 0.3) is 0 Å². The molecule has 1 aromatic carbocycles. The lowest BCUT2D eigenvalue weighted by atomic mass is 10.1. The summed E-state index contributed by atoms with van der Waals surface area (Å²) in [6.45, 7) is 3.57. The van der Waals surface area contributed by atoms with Gasteiger partial charge in [-0.2, -0.15) is 0 Å². The summed E-state index contributed by atoms with van der Waals surface area (Å²) >= 11 is 0. The molecule has 0 aliphatic carbocycles. The number of furan rings is 1. The van der Waals surface area contributed by atoms with Gasteiger partial charge in [-0.3, -0.25) is 9.59 Å². The van der Waals surface area contributed by atoms with E-state index in [1.165, 1.54) is 30.0 Å². The monoisotopic (exact) mass is 302 g/mol. The molecule has 0 bridgehead atoms. The van der Waals surface area contributed by atoms with Crippen LogP contribution in [0.15, 0.2) is 34.9 Å². The SMILES string of the molecule is CC(=O)Nc1ccc(O)c(C(=O)N(C)Cc2ccoc2C)c1. The second-order valence-corrected chi connectivity index (χ2v) is 5.08. The zero-order chi connectivity index (χ0) is 16.3. The van der Waals surface area contributed by atoms with Gasteiger partial charge in [-0.15, -0.1) is 0 Å². The third-order valence-corrected chi connectivity index (χ3v) is 3.27. The number of hydrogen-bond acceptors (Lipinski definition) is 4. The number of rotatable bonds is 4. The van der Waals surface area contributed by atoms with Gasteiger partial charge >= 0.3 is 0 Å². The van der Waals surface area contributed by atoms with Crippen LogP contribution in [0.3, 0.4) is 0 Å². The molecule has 1 heterocycles. The van der Waals surface area contributed by atoms with Crippen LogP contribution in [0, 0.1) is 6.92 Å². The van der Waals surface area contributed by atoms with Gasteiger partial charge in [-0.25, -0.2) is 0 Å². The number of nitrogens with zero attached hydrogens (tertiary/aromatic N) is 1. The van der Waals surface area contributed by atoms with Crippen molar-refractivity contribution < 1.29 is 19.1 Å². The van der Waals surface area contributed by atoms with Gasteiger partial charge in [-0.05, 0) is 31.2 Å². The number of aromatic hydroxyl groups is 1. The van der Waals surface area contributed by atoms with Crippen LogP contribution in [0.4, 0.5) is 5.69 Å². The van der Waals surface area contributed by atoms with Gasteiger partial charge in [0.15, 0.2) is 0 Å². The number of aryl methyl sites for hydroxylation is 1. The van der Waals surface area contributed by atoms with Crippen molar-refractivity contribution in [2.45, 2.75) is 20.4 Å². The van der Waals surface area contributed by atoms with Gasteiger partial charge in [0.25, 0.3) is 5.91 Å². The highest BCUT2D eigenvalue weighted by Crippen LogP contribution is 2.23. The van der Waals surface area contributed by atoms with Crippen molar-refractivity contribution in [1.82, 2.24) is 4.90 Å². The molecule has 2 aromatic rings. The average molecular weight is 302 g/mol. The molecule has 0 radical (unpaired) electrons. The van der Waals surface area contributed by atoms with Crippen LogP contribution in [-0.4, -0.2) is 28.9 Å². The Morgan fingerprint density at radius 3 is 2.64 bits per heavy atom. The molecule has 6 heteroatoms. The van der Waals surface area contributed by atoms with E-state index in [0.717, 1.165) is 11.3 Å². The summed E-state index contributed by atoms with van der Waals surface area (Å²) in [5.41, 5.74) is 1.49. The largest absolute Gasteiger partial charge is 0.507 e. The Morgan fingerprint density at radius 2 is 2.05 bits per heavy atom. The summed E-state index contributed by atoms with van der Waals surface area (Å²) in [6.07, 6.45) is 1.57. The summed E-state index contributed by atoms with van der Waals surface area (Å²) in [7, 11) is 1.64. The zero-order valence-corrected chi connectivity index (χ0v) is 12.7. The number of phenolic OH excluding ortho intramolecular Hbond substituents is 1. The minimum Gasteiger partial charge on any atom is -0.507 e. The molecule has 0 unspecified atom stereocenters. The smallest absolute Gasteiger partial charge is 0.257 e. The molecule has 0 aliphatic heterocycles. The number of carbonyl (C=O) groups excluding carboxylic acids is 2. The lowest BCUT2D eigenvalue weighted by molar-refractivity contribution is -0.114. The van der Waals surface area contributed by atoms with E-state index in [-0.39, 0.29) is 23.1 Å². The van der Waals surface area contributed by atoms with Gasteiger partial charge in [-0.1, -0.05) is 0 Å². The highest BCUT2D eigenvalue weighted by Gasteiger charge is 2.18. The fourth-order valence-corrected chi connectivity index (χ4v) is 2.10. The van der Waals surface area contributed by atoms with E-state index in [1.54, 1.807) is 19.4 Å². The second-order valence-electron chi connectivity index (χ2n) is 5.08. The molecule has 0 spiro atoms. The molecule has 0 saturated heterocycles. The fourth-order valence-electron chi connectivity index (χ4n) is 2.10. The molecule has 2 N–H and O–H groups in total. The quantitative estimate of drug-likeness (QED) is 0.850. The van der Waals surface area contributed by atoms with Gasteiger partial charge in [0.2, 0.25) is 5.91 Å². The average Bonchev–Trinajstić information content (AvgIpc) is 2.85. The van der Waals surface area contributed by atoms with Crippen LogP contribution < -0.4 is 5.32 Å².